The number of rotatable bonds is 5. The lowest BCUT2D eigenvalue weighted by Gasteiger charge is -2.09. The molecular weight excluding hydrogens is 254 g/mol. The summed E-state index contributed by atoms with van der Waals surface area (Å²) in [5.41, 5.74) is 8.09. The second-order valence-electron chi connectivity index (χ2n) is 4.94. The van der Waals surface area contributed by atoms with E-state index in [2.05, 4.69) is 20.3 Å². The predicted octanol–water partition coefficient (Wildman–Crippen LogP) is 1.48. The number of hydrogen-bond donors (Lipinski definition) is 3. The van der Waals surface area contributed by atoms with Crippen LogP contribution < -0.4 is 11.1 Å². The average Bonchev–Trinajstić information content (AvgIpc) is 2.91. The highest BCUT2D eigenvalue weighted by Gasteiger charge is 2.10. The van der Waals surface area contributed by atoms with Gasteiger partial charge in [-0.2, -0.15) is 0 Å². The molecular formula is C14H19N5O. The van der Waals surface area contributed by atoms with Crippen LogP contribution in [0.4, 0.5) is 5.82 Å². The van der Waals surface area contributed by atoms with Crippen molar-refractivity contribution in [2.24, 2.45) is 0 Å². The van der Waals surface area contributed by atoms with Crippen molar-refractivity contribution in [3.05, 3.63) is 41.6 Å². The molecule has 0 radical (unpaired) electrons. The Labute approximate surface area is 117 Å². The van der Waals surface area contributed by atoms with E-state index < -0.39 is 0 Å². The van der Waals surface area contributed by atoms with Crippen LogP contribution in [0.5, 0.6) is 0 Å². The summed E-state index contributed by atoms with van der Waals surface area (Å²) < 4.78 is 0. The molecule has 0 aromatic carbocycles. The smallest absolute Gasteiger partial charge is 0.251 e. The number of aromatic nitrogens is 3. The average molecular weight is 273 g/mol. The molecule has 0 unspecified atom stereocenters. The third-order valence-electron chi connectivity index (χ3n) is 2.95. The van der Waals surface area contributed by atoms with Crippen LogP contribution in [0.2, 0.25) is 0 Å². The number of nitrogen functional groups attached to an aromatic ring is 1. The summed E-state index contributed by atoms with van der Waals surface area (Å²) in [7, 11) is 0. The zero-order chi connectivity index (χ0) is 14.5. The van der Waals surface area contributed by atoms with Crippen LogP contribution in [0.1, 0.15) is 41.5 Å². The van der Waals surface area contributed by atoms with Gasteiger partial charge in [0.05, 0.1) is 6.33 Å². The number of nitrogens with two attached hydrogens (primary N) is 1. The lowest BCUT2D eigenvalue weighted by molar-refractivity contribution is 0.0954. The zero-order valence-corrected chi connectivity index (χ0v) is 11.7. The molecule has 0 aliphatic rings. The van der Waals surface area contributed by atoms with Crippen molar-refractivity contribution in [1.82, 2.24) is 20.3 Å². The minimum Gasteiger partial charge on any atom is -0.384 e. The first kappa shape index (κ1) is 14.0. The van der Waals surface area contributed by atoms with E-state index in [4.69, 9.17) is 5.73 Å². The van der Waals surface area contributed by atoms with Crippen LogP contribution in [0.25, 0.3) is 0 Å². The van der Waals surface area contributed by atoms with E-state index in [0.717, 1.165) is 11.4 Å². The first-order valence-corrected chi connectivity index (χ1v) is 6.59. The van der Waals surface area contributed by atoms with Crippen molar-refractivity contribution in [2.45, 2.75) is 26.2 Å². The van der Waals surface area contributed by atoms with Crippen LogP contribution in [-0.2, 0) is 6.42 Å². The zero-order valence-electron chi connectivity index (χ0n) is 11.7. The van der Waals surface area contributed by atoms with Gasteiger partial charge in [0.2, 0.25) is 0 Å². The highest BCUT2D eigenvalue weighted by atomic mass is 16.1. The van der Waals surface area contributed by atoms with Gasteiger partial charge in [-0.25, -0.2) is 9.97 Å². The largest absolute Gasteiger partial charge is 0.384 e. The Morgan fingerprint density at radius 1 is 1.45 bits per heavy atom. The number of amides is 1. The van der Waals surface area contributed by atoms with Crippen molar-refractivity contribution < 1.29 is 4.79 Å². The second-order valence-corrected chi connectivity index (χ2v) is 4.94. The summed E-state index contributed by atoms with van der Waals surface area (Å²) in [5.74, 6) is 0.463. The molecule has 106 valence electrons. The monoisotopic (exact) mass is 273 g/mol. The SMILES string of the molecule is CC(C)c1cc(C(=O)NCCc2cnc[nH]2)cc(N)n1. The van der Waals surface area contributed by atoms with E-state index in [9.17, 15) is 4.79 Å². The Kier molecular flexibility index (Phi) is 4.34. The number of imidazole rings is 1. The van der Waals surface area contributed by atoms with E-state index in [1.54, 1.807) is 24.7 Å². The number of H-pyrrole nitrogens is 1. The lowest BCUT2D eigenvalue weighted by Crippen LogP contribution is -2.26. The molecule has 0 atom stereocenters. The predicted molar refractivity (Wildman–Crippen MR) is 77.4 cm³/mol. The summed E-state index contributed by atoms with van der Waals surface area (Å²) >= 11 is 0. The third-order valence-corrected chi connectivity index (χ3v) is 2.95. The molecule has 2 heterocycles. The standard InChI is InChI=1S/C14H19N5O/c1-9(2)12-5-10(6-13(15)19-12)14(20)17-4-3-11-7-16-8-18-11/h5-9H,3-4H2,1-2H3,(H2,15,19)(H,16,18)(H,17,20). The molecule has 2 rings (SSSR count). The molecule has 0 saturated heterocycles. The normalized spacial score (nSPS) is 10.8. The van der Waals surface area contributed by atoms with Crippen LogP contribution >= 0.6 is 0 Å². The molecule has 0 aliphatic heterocycles. The van der Waals surface area contributed by atoms with Gasteiger partial charge < -0.3 is 16.0 Å². The fourth-order valence-electron chi connectivity index (χ4n) is 1.83. The Balaban J connectivity index is 1.98. The third kappa shape index (κ3) is 3.57. The van der Waals surface area contributed by atoms with Gasteiger partial charge in [-0.1, -0.05) is 13.8 Å². The van der Waals surface area contributed by atoms with Gasteiger partial charge in [-0.05, 0) is 18.1 Å². The molecule has 0 aliphatic carbocycles. The number of carbonyl (C=O) groups excluding carboxylic acids is 1. The van der Waals surface area contributed by atoms with Crippen molar-refractivity contribution in [3.8, 4) is 0 Å². The number of anilines is 1. The molecule has 6 nitrogen and oxygen atoms in total. The van der Waals surface area contributed by atoms with Crippen LogP contribution in [0, 0.1) is 0 Å². The van der Waals surface area contributed by atoms with Crippen LogP contribution in [-0.4, -0.2) is 27.4 Å². The first-order valence-electron chi connectivity index (χ1n) is 6.59. The Morgan fingerprint density at radius 2 is 2.25 bits per heavy atom. The minimum absolute atomic E-state index is 0.138. The number of nitrogens with zero attached hydrogens (tertiary/aromatic N) is 2. The van der Waals surface area contributed by atoms with Gasteiger partial charge in [0.15, 0.2) is 0 Å². The fourth-order valence-corrected chi connectivity index (χ4v) is 1.83. The molecule has 4 N–H and O–H groups in total. The highest BCUT2D eigenvalue weighted by Crippen LogP contribution is 2.15. The summed E-state index contributed by atoms with van der Waals surface area (Å²) in [5, 5.41) is 2.86. The van der Waals surface area contributed by atoms with Crippen molar-refractivity contribution in [3.63, 3.8) is 0 Å². The van der Waals surface area contributed by atoms with E-state index in [0.29, 0.717) is 24.3 Å². The van der Waals surface area contributed by atoms with Gasteiger partial charge >= 0.3 is 0 Å². The number of hydrogen-bond acceptors (Lipinski definition) is 4. The van der Waals surface area contributed by atoms with Gasteiger partial charge in [0.1, 0.15) is 5.82 Å². The minimum atomic E-state index is -0.138. The highest BCUT2D eigenvalue weighted by molar-refractivity contribution is 5.94. The van der Waals surface area contributed by atoms with E-state index in [1.807, 2.05) is 13.8 Å². The van der Waals surface area contributed by atoms with Crippen molar-refractivity contribution in [1.29, 1.82) is 0 Å². The van der Waals surface area contributed by atoms with E-state index >= 15 is 0 Å². The molecule has 2 aromatic heterocycles. The summed E-state index contributed by atoms with van der Waals surface area (Å²) in [6.45, 7) is 4.57. The number of carbonyl (C=O) groups is 1. The van der Waals surface area contributed by atoms with Crippen molar-refractivity contribution in [2.75, 3.05) is 12.3 Å². The molecule has 2 aromatic rings. The van der Waals surface area contributed by atoms with Gasteiger partial charge in [0.25, 0.3) is 5.91 Å². The van der Waals surface area contributed by atoms with Crippen LogP contribution in [0.3, 0.4) is 0 Å². The summed E-state index contributed by atoms with van der Waals surface area (Å²) in [4.78, 5) is 23.2. The molecule has 1 amide bonds. The van der Waals surface area contributed by atoms with Gasteiger partial charge in [-0.15, -0.1) is 0 Å². The quantitative estimate of drug-likeness (QED) is 0.768. The molecule has 0 saturated carbocycles. The second kappa shape index (κ2) is 6.18. The van der Waals surface area contributed by atoms with Gasteiger partial charge in [-0.3, -0.25) is 4.79 Å². The Bertz CT molecular complexity index is 577. The Hall–Kier alpha value is -2.37. The van der Waals surface area contributed by atoms with E-state index in [-0.39, 0.29) is 11.8 Å². The lowest BCUT2D eigenvalue weighted by atomic mass is 10.1. The Morgan fingerprint density at radius 3 is 2.90 bits per heavy atom. The maximum absolute atomic E-state index is 12.1. The molecule has 0 bridgehead atoms. The van der Waals surface area contributed by atoms with Crippen molar-refractivity contribution >= 4 is 11.7 Å². The first-order chi connectivity index (χ1) is 9.56. The number of nitrogens with one attached hydrogen (secondary N) is 2. The number of pyridine rings is 1. The molecule has 6 heteroatoms. The fraction of sp³-hybridized carbons (Fsp3) is 0.357. The van der Waals surface area contributed by atoms with Crippen LogP contribution in [0.15, 0.2) is 24.7 Å². The van der Waals surface area contributed by atoms with E-state index in [1.165, 1.54) is 0 Å². The molecule has 0 spiro atoms. The number of aromatic amines is 1. The maximum atomic E-state index is 12.1. The summed E-state index contributed by atoms with van der Waals surface area (Å²) in [6, 6.07) is 3.38. The summed E-state index contributed by atoms with van der Waals surface area (Å²) in [6.07, 6.45) is 4.08. The molecule has 0 fully saturated rings. The maximum Gasteiger partial charge on any atom is 0.251 e. The topological polar surface area (TPSA) is 96.7 Å². The molecule has 20 heavy (non-hydrogen) atoms. The van der Waals surface area contributed by atoms with Gasteiger partial charge in [0, 0.05) is 36.1 Å².